The van der Waals surface area contributed by atoms with Gasteiger partial charge in [-0.15, -0.1) is 0 Å². The van der Waals surface area contributed by atoms with E-state index in [1.165, 1.54) is 11.1 Å². The maximum absolute atomic E-state index is 11.9. The average molecular weight is 289 g/mol. The Morgan fingerprint density at radius 2 is 1.95 bits per heavy atom. The van der Waals surface area contributed by atoms with E-state index in [1.807, 2.05) is 31.2 Å². The van der Waals surface area contributed by atoms with Crippen molar-refractivity contribution < 1.29 is 9.59 Å². The van der Waals surface area contributed by atoms with Gasteiger partial charge >= 0.3 is 0 Å². The van der Waals surface area contributed by atoms with Gasteiger partial charge in [0.2, 0.25) is 11.8 Å². The minimum Gasteiger partial charge on any atom is -0.347 e. The van der Waals surface area contributed by atoms with Crippen LogP contribution in [-0.2, 0) is 16.0 Å². The molecule has 5 heteroatoms. The van der Waals surface area contributed by atoms with Crippen molar-refractivity contribution >= 4 is 11.8 Å². The third-order valence-electron chi connectivity index (χ3n) is 3.79. The normalized spacial score (nSPS) is 14.8. The summed E-state index contributed by atoms with van der Waals surface area (Å²) in [6, 6.07) is 8.05. The van der Waals surface area contributed by atoms with Gasteiger partial charge in [0.15, 0.2) is 0 Å². The molecule has 1 aliphatic rings. The Bertz CT molecular complexity index is 496. The lowest BCUT2D eigenvalue weighted by molar-refractivity contribution is -0.133. The van der Waals surface area contributed by atoms with Gasteiger partial charge in [0, 0.05) is 32.6 Å². The van der Waals surface area contributed by atoms with Crippen LogP contribution in [0.4, 0.5) is 0 Å². The monoisotopic (exact) mass is 289 g/mol. The summed E-state index contributed by atoms with van der Waals surface area (Å²) >= 11 is 0. The van der Waals surface area contributed by atoms with Crippen molar-refractivity contribution in [2.24, 2.45) is 0 Å². The van der Waals surface area contributed by atoms with E-state index in [4.69, 9.17) is 0 Å². The lowest BCUT2D eigenvalue weighted by Crippen LogP contribution is -2.49. The van der Waals surface area contributed by atoms with Crippen molar-refractivity contribution in [1.82, 2.24) is 15.5 Å². The number of rotatable bonds is 5. The van der Waals surface area contributed by atoms with Crippen LogP contribution in [0.15, 0.2) is 24.3 Å². The standard InChI is InChI=1S/C16H23N3O2/c1-13-4-2-3-5-14(13)6-7-15(20)18-12-16(21)19-10-8-17-9-11-19/h2-5,17H,6-12H2,1H3,(H,18,20). The lowest BCUT2D eigenvalue weighted by Gasteiger charge is -2.27. The van der Waals surface area contributed by atoms with E-state index in [9.17, 15) is 9.59 Å². The fourth-order valence-corrected chi connectivity index (χ4v) is 2.43. The van der Waals surface area contributed by atoms with E-state index >= 15 is 0 Å². The summed E-state index contributed by atoms with van der Waals surface area (Å²) in [5.41, 5.74) is 2.38. The number of benzene rings is 1. The summed E-state index contributed by atoms with van der Waals surface area (Å²) in [5, 5.41) is 5.92. The molecule has 1 saturated heterocycles. The zero-order chi connectivity index (χ0) is 15.1. The van der Waals surface area contributed by atoms with Gasteiger partial charge < -0.3 is 15.5 Å². The highest BCUT2D eigenvalue weighted by molar-refractivity contribution is 5.84. The van der Waals surface area contributed by atoms with Crippen LogP contribution in [-0.4, -0.2) is 49.4 Å². The quantitative estimate of drug-likeness (QED) is 0.828. The highest BCUT2D eigenvalue weighted by Crippen LogP contribution is 2.09. The Balaban J connectivity index is 1.70. The highest BCUT2D eigenvalue weighted by Gasteiger charge is 2.16. The predicted octanol–water partition coefficient (Wildman–Crippen LogP) is 0.476. The molecule has 1 aliphatic heterocycles. The Morgan fingerprint density at radius 3 is 2.67 bits per heavy atom. The van der Waals surface area contributed by atoms with E-state index in [1.54, 1.807) is 4.90 Å². The van der Waals surface area contributed by atoms with E-state index in [2.05, 4.69) is 10.6 Å². The van der Waals surface area contributed by atoms with E-state index in [0.717, 1.165) is 26.2 Å². The molecule has 0 radical (unpaired) electrons. The maximum atomic E-state index is 11.9. The minimum absolute atomic E-state index is 0.000687. The highest BCUT2D eigenvalue weighted by atomic mass is 16.2. The summed E-state index contributed by atoms with van der Waals surface area (Å²) in [5.74, 6) is -0.0671. The van der Waals surface area contributed by atoms with Crippen LogP contribution in [0.5, 0.6) is 0 Å². The molecule has 5 nitrogen and oxygen atoms in total. The van der Waals surface area contributed by atoms with Crippen LogP contribution in [0.2, 0.25) is 0 Å². The van der Waals surface area contributed by atoms with E-state index in [0.29, 0.717) is 12.8 Å². The second-order valence-electron chi connectivity index (χ2n) is 5.33. The van der Waals surface area contributed by atoms with E-state index in [-0.39, 0.29) is 18.4 Å². The summed E-state index contributed by atoms with van der Waals surface area (Å²) in [4.78, 5) is 25.5. The first-order valence-corrected chi connectivity index (χ1v) is 7.46. The fraction of sp³-hybridized carbons (Fsp3) is 0.500. The average Bonchev–Trinajstić information content (AvgIpc) is 2.52. The number of carbonyl (C=O) groups excluding carboxylic acids is 2. The SMILES string of the molecule is Cc1ccccc1CCC(=O)NCC(=O)N1CCNCC1. The van der Waals surface area contributed by atoms with Crippen LogP contribution >= 0.6 is 0 Å². The summed E-state index contributed by atoms with van der Waals surface area (Å²) in [6.45, 7) is 5.24. The van der Waals surface area contributed by atoms with Gasteiger partial charge in [-0.2, -0.15) is 0 Å². The van der Waals surface area contributed by atoms with Crippen LogP contribution < -0.4 is 10.6 Å². The zero-order valence-corrected chi connectivity index (χ0v) is 12.5. The number of hydrogen-bond acceptors (Lipinski definition) is 3. The lowest BCUT2D eigenvalue weighted by atomic mass is 10.0. The molecular weight excluding hydrogens is 266 g/mol. The molecule has 0 atom stereocenters. The number of nitrogens with zero attached hydrogens (tertiary/aromatic N) is 1. The molecule has 114 valence electrons. The summed E-state index contributed by atoms with van der Waals surface area (Å²) in [6.07, 6.45) is 1.13. The van der Waals surface area contributed by atoms with Gasteiger partial charge in [0.1, 0.15) is 0 Å². The Morgan fingerprint density at radius 1 is 1.24 bits per heavy atom. The van der Waals surface area contributed by atoms with Gasteiger partial charge in [0.05, 0.1) is 6.54 Å². The molecule has 0 aliphatic carbocycles. The Labute approximate surface area is 125 Å². The number of carbonyl (C=O) groups is 2. The summed E-state index contributed by atoms with van der Waals surface area (Å²) in [7, 11) is 0. The number of hydrogen-bond donors (Lipinski definition) is 2. The zero-order valence-electron chi connectivity index (χ0n) is 12.5. The predicted molar refractivity (Wildman–Crippen MR) is 82.0 cm³/mol. The molecule has 2 N–H and O–H groups in total. The van der Waals surface area contributed by atoms with Crippen molar-refractivity contribution in [3.8, 4) is 0 Å². The third-order valence-corrected chi connectivity index (χ3v) is 3.79. The molecule has 2 rings (SSSR count). The van der Waals surface area contributed by atoms with Gasteiger partial charge in [-0.3, -0.25) is 9.59 Å². The molecule has 0 aromatic heterocycles. The van der Waals surface area contributed by atoms with Gasteiger partial charge in [0.25, 0.3) is 0 Å². The van der Waals surface area contributed by atoms with Gasteiger partial charge in [-0.05, 0) is 24.5 Å². The summed E-state index contributed by atoms with van der Waals surface area (Å²) < 4.78 is 0. The molecule has 1 aromatic rings. The smallest absolute Gasteiger partial charge is 0.242 e. The fourth-order valence-electron chi connectivity index (χ4n) is 2.43. The largest absolute Gasteiger partial charge is 0.347 e. The van der Waals surface area contributed by atoms with Crippen LogP contribution in [0.3, 0.4) is 0 Å². The third kappa shape index (κ3) is 4.86. The first kappa shape index (κ1) is 15.5. The first-order valence-electron chi connectivity index (χ1n) is 7.46. The molecule has 0 spiro atoms. The number of piperazine rings is 1. The molecule has 0 unspecified atom stereocenters. The maximum Gasteiger partial charge on any atom is 0.242 e. The van der Waals surface area contributed by atoms with Crippen molar-refractivity contribution in [1.29, 1.82) is 0 Å². The molecule has 1 fully saturated rings. The second kappa shape index (κ2) is 7.78. The van der Waals surface area contributed by atoms with Crippen molar-refractivity contribution in [3.63, 3.8) is 0 Å². The Hall–Kier alpha value is -1.88. The van der Waals surface area contributed by atoms with Crippen LogP contribution in [0.1, 0.15) is 17.5 Å². The number of amides is 2. The number of nitrogens with one attached hydrogen (secondary N) is 2. The van der Waals surface area contributed by atoms with E-state index < -0.39 is 0 Å². The molecule has 2 amide bonds. The van der Waals surface area contributed by atoms with Crippen LogP contribution in [0, 0.1) is 6.92 Å². The van der Waals surface area contributed by atoms with Gasteiger partial charge in [-0.25, -0.2) is 0 Å². The Kier molecular flexibility index (Phi) is 5.75. The number of aryl methyl sites for hydroxylation is 2. The molecule has 0 saturated carbocycles. The second-order valence-corrected chi connectivity index (χ2v) is 5.33. The van der Waals surface area contributed by atoms with Crippen LogP contribution in [0.25, 0.3) is 0 Å². The van der Waals surface area contributed by atoms with Crippen molar-refractivity contribution in [3.05, 3.63) is 35.4 Å². The molecule has 1 aromatic carbocycles. The molecule has 0 bridgehead atoms. The van der Waals surface area contributed by atoms with Crippen molar-refractivity contribution in [2.45, 2.75) is 19.8 Å². The van der Waals surface area contributed by atoms with Crippen molar-refractivity contribution in [2.75, 3.05) is 32.7 Å². The molecule has 1 heterocycles. The molecule has 21 heavy (non-hydrogen) atoms. The van der Waals surface area contributed by atoms with Gasteiger partial charge in [-0.1, -0.05) is 24.3 Å². The first-order chi connectivity index (χ1) is 10.2. The topological polar surface area (TPSA) is 61.4 Å². The minimum atomic E-state index is -0.0678. The molecular formula is C16H23N3O2.